The highest BCUT2D eigenvalue weighted by Crippen LogP contribution is 2.36. The van der Waals surface area contributed by atoms with Gasteiger partial charge in [0, 0.05) is 24.6 Å². The number of carbonyl (C=O) groups is 3. The van der Waals surface area contributed by atoms with Gasteiger partial charge in [-0.2, -0.15) is 0 Å². The van der Waals surface area contributed by atoms with Crippen LogP contribution in [0.15, 0.2) is 42.5 Å². The predicted octanol–water partition coefficient (Wildman–Crippen LogP) is 3.33. The Balaban J connectivity index is 1.52. The number of anilines is 2. The van der Waals surface area contributed by atoms with Gasteiger partial charge < -0.3 is 16.4 Å². The molecule has 4 N–H and O–H groups in total. The van der Waals surface area contributed by atoms with Crippen LogP contribution in [-0.4, -0.2) is 23.8 Å². The quantitative estimate of drug-likeness (QED) is 0.671. The fourth-order valence-corrected chi connectivity index (χ4v) is 4.56. The lowest BCUT2D eigenvalue weighted by molar-refractivity contribution is -0.126. The second-order valence-corrected chi connectivity index (χ2v) is 8.65. The molecule has 0 bridgehead atoms. The van der Waals surface area contributed by atoms with E-state index in [0.29, 0.717) is 30.0 Å². The Labute approximate surface area is 188 Å². The minimum absolute atomic E-state index is 0.00490. The molecule has 0 spiro atoms. The van der Waals surface area contributed by atoms with Crippen molar-refractivity contribution in [2.24, 2.45) is 11.7 Å². The van der Waals surface area contributed by atoms with E-state index in [9.17, 15) is 14.4 Å². The van der Waals surface area contributed by atoms with Gasteiger partial charge in [0.15, 0.2) is 0 Å². The highest BCUT2D eigenvalue weighted by atomic mass is 16.2. The molecule has 1 saturated carbocycles. The van der Waals surface area contributed by atoms with Crippen molar-refractivity contribution in [3.05, 3.63) is 59.2 Å². The number of benzene rings is 2. The van der Waals surface area contributed by atoms with Crippen LogP contribution in [0.25, 0.3) is 0 Å². The molecule has 32 heavy (non-hydrogen) atoms. The van der Waals surface area contributed by atoms with Crippen molar-refractivity contribution in [2.75, 3.05) is 10.2 Å². The molecule has 0 radical (unpaired) electrons. The first-order chi connectivity index (χ1) is 15.5. The molecule has 1 aliphatic carbocycles. The van der Waals surface area contributed by atoms with E-state index in [1.807, 2.05) is 24.3 Å². The Hall–Kier alpha value is -3.19. The summed E-state index contributed by atoms with van der Waals surface area (Å²) in [7, 11) is 0. The monoisotopic (exact) mass is 434 g/mol. The lowest BCUT2D eigenvalue weighted by Crippen LogP contribution is -2.51. The van der Waals surface area contributed by atoms with Crippen molar-refractivity contribution in [1.82, 2.24) is 5.32 Å². The standard InChI is InChI=1S/C25H30N4O3/c1-16-23(30)28-21-13-20(24(31)27-15-18-7-5-6-17(12-18)14-26)10-11-22(21)29(16)25(32)19-8-3-2-4-9-19/h5-7,10-13,16,19H,2-4,8-9,14-15,26H2,1H3,(H,27,31)(H,28,30). The molecule has 3 amide bonds. The molecule has 0 saturated heterocycles. The first-order valence-corrected chi connectivity index (χ1v) is 11.3. The highest BCUT2D eigenvalue weighted by Gasteiger charge is 2.37. The van der Waals surface area contributed by atoms with Crippen molar-refractivity contribution in [3.8, 4) is 0 Å². The van der Waals surface area contributed by atoms with E-state index in [2.05, 4.69) is 10.6 Å². The number of fused-ring (bicyclic) bond motifs is 1. The summed E-state index contributed by atoms with van der Waals surface area (Å²) < 4.78 is 0. The van der Waals surface area contributed by atoms with Gasteiger partial charge >= 0.3 is 0 Å². The maximum absolute atomic E-state index is 13.3. The molecule has 2 aliphatic rings. The summed E-state index contributed by atoms with van der Waals surface area (Å²) >= 11 is 0. The molecule has 168 valence electrons. The number of carbonyl (C=O) groups excluding carboxylic acids is 3. The summed E-state index contributed by atoms with van der Waals surface area (Å²) in [4.78, 5) is 40.2. The minimum Gasteiger partial charge on any atom is -0.348 e. The molecule has 1 unspecified atom stereocenters. The van der Waals surface area contributed by atoms with Gasteiger partial charge in [-0.15, -0.1) is 0 Å². The average molecular weight is 435 g/mol. The number of nitrogens with one attached hydrogen (secondary N) is 2. The van der Waals surface area contributed by atoms with Crippen molar-refractivity contribution in [1.29, 1.82) is 0 Å². The molecule has 1 atom stereocenters. The number of hydrogen-bond acceptors (Lipinski definition) is 4. The fraction of sp³-hybridized carbons (Fsp3) is 0.400. The van der Waals surface area contributed by atoms with Crippen molar-refractivity contribution >= 4 is 29.1 Å². The molecule has 2 aromatic carbocycles. The summed E-state index contributed by atoms with van der Waals surface area (Å²) in [5, 5.41) is 5.76. The van der Waals surface area contributed by atoms with Crippen LogP contribution in [-0.2, 0) is 22.7 Å². The molecule has 4 rings (SSSR count). The van der Waals surface area contributed by atoms with E-state index < -0.39 is 6.04 Å². The summed E-state index contributed by atoms with van der Waals surface area (Å²) in [5.41, 5.74) is 9.23. The van der Waals surface area contributed by atoms with Crippen LogP contribution in [0.3, 0.4) is 0 Å². The zero-order chi connectivity index (χ0) is 22.7. The molecule has 2 aromatic rings. The van der Waals surface area contributed by atoms with Gasteiger partial charge in [-0.05, 0) is 49.1 Å². The normalized spacial score (nSPS) is 18.6. The van der Waals surface area contributed by atoms with Crippen LogP contribution in [0, 0.1) is 5.92 Å². The topological polar surface area (TPSA) is 105 Å². The van der Waals surface area contributed by atoms with Crippen LogP contribution < -0.4 is 21.3 Å². The summed E-state index contributed by atoms with van der Waals surface area (Å²) in [6.45, 7) is 2.56. The largest absolute Gasteiger partial charge is 0.348 e. The Morgan fingerprint density at radius 1 is 1.09 bits per heavy atom. The van der Waals surface area contributed by atoms with E-state index in [4.69, 9.17) is 5.73 Å². The first kappa shape index (κ1) is 22.0. The van der Waals surface area contributed by atoms with Gasteiger partial charge in [-0.1, -0.05) is 43.5 Å². The number of amides is 3. The number of rotatable bonds is 5. The van der Waals surface area contributed by atoms with Crippen molar-refractivity contribution in [3.63, 3.8) is 0 Å². The van der Waals surface area contributed by atoms with E-state index in [-0.39, 0.29) is 23.6 Å². The Bertz CT molecular complexity index is 1030. The lowest BCUT2D eigenvalue weighted by atomic mass is 9.87. The average Bonchev–Trinajstić information content (AvgIpc) is 2.83. The smallest absolute Gasteiger partial charge is 0.251 e. The first-order valence-electron chi connectivity index (χ1n) is 11.3. The molecule has 1 heterocycles. The number of nitrogens with zero attached hydrogens (tertiary/aromatic N) is 1. The van der Waals surface area contributed by atoms with Gasteiger partial charge in [-0.25, -0.2) is 0 Å². The Kier molecular flexibility index (Phi) is 6.55. The zero-order valence-corrected chi connectivity index (χ0v) is 18.4. The van der Waals surface area contributed by atoms with E-state index in [0.717, 1.165) is 43.2 Å². The van der Waals surface area contributed by atoms with E-state index >= 15 is 0 Å². The molecule has 7 nitrogen and oxygen atoms in total. The third kappa shape index (κ3) is 4.53. The van der Waals surface area contributed by atoms with Crippen molar-refractivity contribution in [2.45, 2.75) is 58.2 Å². The van der Waals surface area contributed by atoms with Gasteiger partial charge in [-0.3, -0.25) is 19.3 Å². The van der Waals surface area contributed by atoms with E-state index in [1.165, 1.54) is 0 Å². The van der Waals surface area contributed by atoms with Gasteiger partial charge in [0.25, 0.3) is 5.91 Å². The molecule has 0 aromatic heterocycles. The maximum Gasteiger partial charge on any atom is 0.251 e. The van der Waals surface area contributed by atoms with E-state index in [1.54, 1.807) is 30.0 Å². The Morgan fingerprint density at radius 2 is 1.84 bits per heavy atom. The van der Waals surface area contributed by atoms with Crippen molar-refractivity contribution < 1.29 is 14.4 Å². The highest BCUT2D eigenvalue weighted by molar-refractivity contribution is 6.13. The molecule has 1 fully saturated rings. The number of hydrogen-bond donors (Lipinski definition) is 3. The molecular formula is C25H30N4O3. The van der Waals surface area contributed by atoms with Crippen LogP contribution in [0.4, 0.5) is 11.4 Å². The molecule has 7 heteroatoms. The lowest BCUT2D eigenvalue weighted by Gasteiger charge is -2.37. The maximum atomic E-state index is 13.3. The van der Waals surface area contributed by atoms with Gasteiger partial charge in [0.05, 0.1) is 11.4 Å². The van der Waals surface area contributed by atoms with Gasteiger partial charge in [0.2, 0.25) is 11.8 Å². The van der Waals surface area contributed by atoms with Crippen LogP contribution >= 0.6 is 0 Å². The number of nitrogens with two attached hydrogens (primary N) is 1. The minimum atomic E-state index is -0.577. The molecular weight excluding hydrogens is 404 g/mol. The third-order valence-corrected chi connectivity index (χ3v) is 6.41. The van der Waals surface area contributed by atoms with Crippen LogP contribution in [0.5, 0.6) is 0 Å². The Morgan fingerprint density at radius 3 is 2.59 bits per heavy atom. The van der Waals surface area contributed by atoms with Crippen LogP contribution in [0.2, 0.25) is 0 Å². The second-order valence-electron chi connectivity index (χ2n) is 8.65. The predicted molar refractivity (Wildman–Crippen MR) is 124 cm³/mol. The van der Waals surface area contributed by atoms with Gasteiger partial charge in [0.1, 0.15) is 6.04 Å². The SMILES string of the molecule is CC1C(=O)Nc2cc(C(=O)NCc3cccc(CN)c3)ccc2N1C(=O)C1CCCCC1. The molecule has 1 aliphatic heterocycles. The fourth-order valence-electron chi connectivity index (χ4n) is 4.56. The summed E-state index contributed by atoms with van der Waals surface area (Å²) in [6.07, 6.45) is 4.98. The summed E-state index contributed by atoms with van der Waals surface area (Å²) in [5.74, 6) is -0.524. The second kappa shape index (κ2) is 9.53. The third-order valence-electron chi connectivity index (χ3n) is 6.41. The zero-order valence-electron chi connectivity index (χ0n) is 18.4. The van der Waals surface area contributed by atoms with Crippen LogP contribution in [0.1, 0.15) is 60.5 Å². The summed E-state index contributed by atoms with van der Waals surface area (Å²) in [6, 6.07) is 12.3.